The summed E-state index contributed by atoms with van der Waals surface area (Å²) in [5.74, 6) is 1.58. The second kappa shape index (κ2) is 6.11. The van der Waals surface area contributed by atoms with E-state index in [9.17, 15) is 0 Å². The lowest BCUT2D eigenvalue weighted by molar-refractivity contribution is 0.287. The fourth-order valence-electron chi connectivity index (χ4n) is 1.74. The molecule has 3 nitrogen and oxygen atoms in total. The third-order valence-electron chi connectivity index (χ3n) is 2.45. The van der Waals surface area contributed by atoms with Gasteiger partial charge in [-0.1, -0.05) is 0 Å². The molecule has 0 saturated carbocycles. The molecule has 4 heteroatoms. The van der Waals surface area contributed by atoms with E-state index < -0.39 is 0 Å². The summed E-state index contributed by atoms with van der Waals surface area (Å²) in [6.07, 6.45) is 1.53. The normalized spacial score (nSPS) is 10.3. The Balaban J connectivity index is 3.18. The molecule has 0 spiro atoms. The molecule has 1 aromatic rings. The number of aryl methyl sites for hydroxylation is 2. The molecule has 0 aliphatic rings. The predicted octanol–water partition coefficient (Wildman–Crippen LogP) is 2.70. The molecular formula is C12H17BrO3. The largest absolute Gasteiger partial charge is 0.495 e. The Morgan fingerprint density at radius 1 is 1.25 bits per heavy atom. The van der Waals surface area contributed by atoms with Crippen LogP contribution in [0, 0.1) is 6.92 Å². The molecule has 0 amide bonds. The lowest BCUT2D eigenvalue weighted by atomic mass is 10.0. The summed E-state index contributed by atoms with van der Waals surface area (Å²) < 4.78 is 11.5. The molecule has 0 unspecified atom stereocenters. The van der Waals surface area contributed by atoms with Gasteiger partial charge in [-0.15, -0.1) is 0 Å². The molecule has 0 heterocycles. The van der Waals surface area contributed by atoms with Gasteiger partial charge in [0.1, 0.15) is 16.0 Å². The maximum Gasteiger partial charge on any atom is 0.140 e. The first-order chi connectivity index (χ1) is 7.65. The zero-order chi connectivity index (χ0) is 12.1. The van der Waals surface area contributed by atoms with Gasteiger partial charge < -0.3 is 14.6 Å². The van der Waals surface area contributed by atoms with Crippen LogP contribution < -0.4 is 9.47 Å². The van der Waals surface area contributed by atoms with Crippen LogP contribution >= 0.6 is 15.9 Å². The average Bonchev–Trinajstić information content (AvgIpc) is 2.26. The predicted molar refractivity (Wildman–Crippen MR) is 67.4 cm³/mol. The number of benzene rings is 1. The summed E-state index contributed by atoms with van der Waals surface area (Å²) in [4.78, 5) is 0. The van der Waals surface area contributed by atoms with Gasteiger partial charge in [0, 0.05) is 6.61 Å². The van der Waals surface area contributed by atoms with Gasteiger partial charge in [-0.2, -0.15) is 0 Å². The van der Waals surface area contributed by atoms with Gasteiger partial charge in [0.25, 0.3) is 0 Å². The molecule has 0 aliphatic carbocycles. The average molecular weight is 289 g/mol. The van der Waals surface area contributed by atoms with E-state index in [4.69, 9.17) is 14.6 Å². The van der Waals surface area contributed by atoms with Crippen molar-refractivity contribution < 1.29 is 14.6 Å². The molecule has 0 aromatic heterocycles. The van der Waals surface area contributed by atoms with Crippen molar-refractivity contribution in [3.8, 4) is 11.5 Å². The van der Waals surface area contributed by atoms with Gasteiger partial charge in [-0.05, 0) is 52.9 Å². The Morgan fingerprint density at radius 2 is 1.88 bits per heavy atom. The number of halogens is 1. The molecule has 0 atom stereocenters. The SMILES string of the molecule is COc1c(C)cc(CCCO)c(OC)c1Br. The molecule has 1 rings (SSSR count). The van der Waals surface area contributed by atoms with Crippen LogP contribution in [0.1, 0.15) is 17.5 Å². The van der Waals surface area contributed by atoms with Crippen molar-refractivity contribution in [1.82, 2.24) is 0 Å². The smallest absolute Gasteiger partial charge is 0.140 e. The van der Waals surface area contributed by atoms with Crippen LogP contribution in [0.3, 0.4) is 0 Å². The van der Waals surface area contributed by atoms with Crippen molar-refractivity contribution in [1.29, 1.82) is 0 Å². The van der Waals surface area contributed by atoms with Crippen LogP contribution in [0.15, 0.2) is 10.5 Å². The Labute approximate surface area is 105 Å². The first kappa shape index (κ1) is 13.3. The number of ether oxygens (including phenoxy) is 2. The quantitative estimate of drug-likeness (QED) is 0.905. The number of aliphatic hydroxyl groups excluding tert-OH is 1. The minimum atomic E-state index is 0.186. The van der Waals surface area contributed by atoms with Crippen molar-refractivity contribution in [2.24, 2.45) is 0 Å². The number of aliphatic hydroxyl groups is 1. The molecule has 16 heavy (non-hydrogen) atoms. The summed E-state index contributed by atoms with van der Waals surface area (Å²) in [6.45, 7) is 2.18. The van der Waals surface area contributed by atoms with Crippen LogP contribution in [0.2, 0.25) is 0 Å². The second-order valence-corrected chi connectivity index (χ2v) is 4.35. The molecule has 0 saturated heterocycles. The van der Waals surface area contributed by atoms with Crippen LogP contribution in [-0.2, 0) is 6.42 Å². The van der Waals surface area contributed by atoms with Crippen molar-refractivity contribution in [2.75, 3.05) is 20.8 Å². The van der Waals surface area contributed by atoms with Crippen LogP contribution in [0.5, 0.6) is 11.5 Å². The third kappa shape index (κ3) is 2.68. The van der Waals surface area contributed by atoms with E-state index in [0.29, 0.717) is 0 Å². The van der Waals surface area contributed by atoms with E-state index in [-0.39, 0.29) is 6.61 Å². The van der Waals surface area contributed by atoms with Crippen LogP contribution in [0.25, 0.3) is 0 Å². The van der Waals surface area contributed by atoms with Crippen LogP contribution in [0.4, 0.5) is 0 Å². The number of rotatable bonds is 5. The Kier molecular flexibility index (Phi) is 5.09. The van der Waals surface area contributed by atoms with E-state index >= 15 is 0 Å². The lowest BCUT2D eigenvalue weighted by Crippen LogP contribution is -1.99. The van der Waals surface area contributed by atoms with E-state index in [1.54, 1.807) is 14.2 Å². The number of hydrogen-bond acceptors (Lipinski definition) is 3. The molecule has 0 aliphatic heterocycles. The molecule has 0 radical (unpaired) electrons. The van der Waals surface area contributed by atoms with Gasteiger partial charge in [0.2, 0.25) is 0 Å². The summed E-state index contributed by atoms with van der Waals surface area (Å²) >= 11 is 3.48. The third-order valence-corrected chi connectivity index (χ3v) is 3.17. The van der Waals surface area contributed by atoms with Gasteiger partial charge in [0.05, 0.1) is 14.2 Å². The zero-order valence-corrected chi connectivity index (χ0v) is 11.4. The molecule has 1 aromatic carbocycles. The molecular weight excluding hydrogens is 272 g/mol. The second-order valence-electron chi connectivity index (χ2n) is 3.56. The fraction of sp³-hybridized carbons (Fsp3) is 0.500. The van der Waals surface area contributed by atoms with Crippen molar-refractivity contribution in [2.45, 2.75) is 19.8 Å². The zero-order valence-electron chi connectivity index (χ0n) is 9.84. The Morgan fingerprint density at radius 3 is 2.38 bits per heavy atom. The van der Waals surface area contributed by atoms with Crippen LogP contribution in [-0.4, -0.2) is 25.9 Å². The van der Waals surface area contributed by atoms with E-state index in [2.05, 4.69) is 15.9 Å². The van der Waals surface area contributed by atoms with Gasteiger partial charge in [-0.25, -0.2) is 0 Å². The van der Waals surface area contributed by atoms with Crippen molar-refractivity contribution in [3.05, 3.63) is 21.7 Å². The standard InChI is InChI=1S/C12H17BrO3/c1-8-7-9(5-4-6-14)12(16-3)10(13)11(8)15-2/h7,14H,4-6H2,1-3H3. The highest BCUT2D eigenvalue weighted by atomic mass is 79.9. The van der Waals surface area contributed by atoms with E-state index in [0.717, 1.165) is 39.9 Å². The van der Waals surface area contributed by atoms with Crippen molar-refractivity contribution >= 4 is 15.9 Å². The number of hydrogen-bond donors (Lipinski definition) is 1. The first-order valence-corrected chi connectivity index (χ1v) is 5.95. The maximum atomic E-state index is 8.85. The highest BCUT2D eigenvalue weighted by Crippen LogP contribution is 2.40. The lowest BCUT2D eigenvalue weighted by Gasteiger charge is -2.15. The minimum absolute atomic E-state index is 0.186. The number of methoxy groups -OCH3 is 2. The summed E-state index contributed by atoms with van der Waals surface area (Å²) in [5.41, 5.74) is 2.14. The highest BCUT2D eigenvalue weighted by Gasteiger charge is 2.15. The van der Waals surface area contributed by atoms with E-state index in [1.165, 1.54) is 0 Å². The summed E-state index contributed by atoms with van der Waals surface area (Å²) in [5, 5.41) is 8.85. The molecule has 0 bridgehead atoms. The Hall–Kier alpha value is -0.740. The minimum Gasteiger partial charge on any atom is -0.495 e. The summed E-state index contributed by atoms with van der Waals surface area (Å²) in [7, 11) is 3.28. The molecule has 0 fully saturated rings. The maximum absolute atomic E-state index is 8.85. The van der Waals surface area contributed by atoms with E-state index in [1.807, 2.05) is 13.0 Å². The molecule has 90 valence electrons. The van der Waals surface area contributed by atoms with Crippen molar-refractivity contribution in [3.63, 3.8) is 0 Å². The Bertz CT molecular complexity index is 364. The van der Waals surface area contributed by atoms with Gasteiger partial charge >= 0.3 is 0 Å². The highest BCUT2D eigenvalue weighted by molar-refractivity contribution is 9.10. The summed E-state index contributed by atoms with van der Waals surface area (Å²) in [6, 6.07) is 2.04. The monoisotopic (exact) mass is 288 g/mol. The fourth-order valence-corrected chi connectivity index (χ4v) is 2.63. The molecule has 1 N–H and O–H groups in total. The first-order valence-electron chi connectivity index (χ1n) is 5.16. The van der Waals surface area contributed by atoms with Gasteiger partial charge in [-0.3, -0.25) is 0 Å². The van der Waals surface area contributed by atoms with Gasteiger partial charge in [0.15, 0.2) is 0 Å². The topological polar surface area (TPSA) is 38.7 Å².